The van der Waals surface area contributed by atoms with Gasteiger partial charge < -0.3 is 10.8 Å². The second kappa shape index (κ2) is 2.51. The fourth-order valence-electron chi connectivity index (χ4n) is 1.70. The molecule has 2 nitrogen and oxygen atoms in total. The third-order valence-corrected chi connectivity index (χ3v) is 3.02. The summed E-state index contributed by atoms with van der Waals surface area (Å²) in [4.78, 5) is 0. The Balaban J connectivity index is 2.39. The SMILES string of the molecule is CC1(C)[C@@H](CCO)C[C@H]1N. The Morgan fingerprint density at radius 3 is 2.50 bits per heavy atom. The summed E-state index contributed by atoms with van der Waals surface area (Å²) in [5, 5.41) is 8.68. The van der Waals surface area contributed by atoms with Gasteiger partial charge >= 0.3 is 0 Å². The van der Waals surface area contributed by atoms with Crippen molar-refractivity contribution in [3.8, 4) is 0 Å². The smallest absolute Gasteiger partial charge is 0.0433 e. The van der Waals surface area contributed by atoms with E-state index in [0.29, 0.717) is 18.6 Å². The minimum atomic E-state index is 0.267. The average Bonchev–Trinajstić information content (AvgIpc) is 1.88. The molecule has 1 saturated carbocycles. The van der Waals surface area contributed by atoms with Crippen LogP contribution in [0.5, 0.6) is 0 Å². The lowest BCUT2D eigenvalue weighted by molar-refractivity contribution is 0.0191. The Kier molecular flexibility index (Phi) is 2.02. The highest BCUT2D eigenvalue weighted by Crippen LogP contribution is 2.46. The molecule has 0 aromatic carbocycles. The Hall–Kier alpha value is -0.0800. The lowest BCUT2D eigenvalue weighted by atomic mass is 9.58. The number of rotatable bonds is 2. The van der Waals surface area contributed by atoms with Crippen LogP contribution in [0.1, 0.15) is 26.7 Å². The first-order valence-corrected chi connectivity index (χ1v) is 3.95. The summed E-state index contributed by atoms with van der Waals surface area (Å²) in [5.41, 5.74) is 6.06. The molecule has 0 bridgehead atoms. The largest absolute Gasteiger partial charge is 0.396 e. The van der Waals surface area contributed by atoms with Gasteiger partial charge in [-0.15, -0.1) is 0 Å². The number of nitrogens with two attached hydrogens (primary N) is 1. The summed E-state index contributed by atoms with van der Waals surface area (Å²) in [5.74, 6) is 0.646. The van der Waals surface area contributed by atoms with Gasteiger partial charge in [0, 0.05) is 12.6 Å². The van der Waals surface area contributed by atoms with Crippen LogP contribution in [0.3, 0.4) is 0 Å². The maximum atomic E-state index is 8.68. The van der Waals surface area contributed by atoms with Crippen LogP contribution in [0.15, 0.2) is 0 Å². The molecule has 2 heteroatoms. The maximum absolute atomic E-state index is 8.68. The van der Waals surface area contributed by atoms with E-state index in [1.165, 1.54) is 0 Å². The number of hydrogen-bond donors (Lipinski definition) is 2. The van der Waals surface area contributed by atoms with Gasteiger partial charge in [-0.25, -0.2) is 0 Å². The summed E-state index contributed by atoms with van der Waals surface area (Å²) >= 11 is 0. The van der Waals surface area contributed by atoms with Crippen LogP contribution in [-0.4, -0.2) is 17.8 Å². The molecule has 1 fully saturated rings. The zero-order valence-electron chi connectivity index (χ0n) is 6.80. The van der Waals surface area contributed by atoms with Crippen LogP contribution >= 0.6 is 0 Å². The fourth-order valence-corrected chi connectivity index (χ4v) is 1.70. The number of aliphatic hydroxyl groups is 1. The normalized spacial score (nSPS) is 37.2. The minimum absolute atomic E-state index is 0.267. The first kappa shape index (κ1) is 8.02. The van der Waals surface area contributed by atoms with E-state index >= 15 is 0 Å². The highest BCUT2D eigenvalue weighted by atomic mass is 16.3. The first-order chi connectivity index (χ1) is 4.59. The molecule has 60 valence electrons. The summed E-state index contributed by atoms with van der Waals surface area (Å²) in [6.07, 6.45) is 2.01. The highest BCUT2D eigenvalue weighted by Gasteiger charge is 2.44. The van der Waals surface area contributed by atoms with Crippen molar-refractivity contribution in [2.45, 2.75) is 32.7 Å². The van der Waals surface area contributed by atoms with E-state index in [0.717, 1.165) is 12.8 Å². The quantitative estimate of drug-likeness (QED) is 0.599. The summed E-state index contributed by atoms with van der Waals surface area (Å²) in [6.45, 7) is 4.67. The molecule has 0 heterocycles. The molecule has 0 radical (unpaired) electrons. The fraction of sp³-hybridized carbons (Fsp3) is 1.00. The standard InChI is InChI=1S/C8H17NO/c1-8(2)6(3-4-10)5-7(8)9/h6-7,10H,3-5,9H2,1-2H3/t6-,7+/m0/s1. The van der Waals surface area contributed by atoms with Gasteiger partial charge in [0.2, 0.25) is 0 Å². The second-order valence-electron chi connectivity index (χ2n) is 3.87. The average molecular weight is 143 g/mol. The third kappa shape index (κ3) is 1.06. The van der Waals surface area contributed by atoms with E-state index in [1.807, 2.05) is 0 Å². The molecule has 0 aromatic heterocycles. The monoisotopic (exact) mass is 143 g/mol. The summed E-state index contributed by atoms with van der Waals surface area (Å²) in [7, 11) is 0. The topological polar surface area (TPSA) is 46.2 Å². The molecular weight excluding hydrogens is 126 g/mol. The van der Waals surface area contributed by atoms with Crippen molar-refractivity contribution in [1.82, 2.24) is 0 Å². The molecule has 10 heavy (non-hydrogen) atoms. The zero-order valence-corrected chi connectivity index (χ0v) is 6.80. The van der Waals surface area contributed by atoms with Gasteiger partial charge in [0.15, 0.2) is 0 Å². The molecule has 1 aliphatic carbocycles. The van der Waals surface area contributed by atoms with Gasteiger partial charge in [0.25, 0.3) is 0 Å². The van der Waals surface area contributed by atoms with Crippen LogP contribution < -0.4 is 5.73 Å². The van der Waals surface area contributed by atoms with Crippen molar-refractivity contribution < 1.29 is 5.11 Å². The van der Waals surface area contributed by atoms with Gasteiger partial charge in [0.05, 0.1) is 0 Å². The van der Waals surface area contributed by atoms with Crippen LogP contribution in [0.2, 0.25) is 0 Å². The molecule has 2 atom stereocenters. The number of aliphatic hydroxyl groups excluding tert-OH is 1. The predicted octanol–water partition coefficient (Wildman–Crippen LogP) is 0.742. The van der Waals surface area contributed by atoms with Gasteiger partial charge in [-0.05, 0) is 24.2 Å². The van der Waals surface area contributed by atoms with Gasteiger partial charge in [-0.2, -0.15) is 0 Å². The van der Waals surface area contributed by atoms with E-state index in [9.17, 15) is 0 Å². The Labute approximate surface area is 62.4 Å². The van der Waals surface area contributed by atoms with E-state index in [2.05, 4.69) is 13.8 Å². The molecule has 0 amide bonds. The van der Waals surface area contributed by atoms with Crippen molar-refractivity contribution in [2.24, 2.45) is 17.1 Å². The molecule has 0 spiro atoms. The molecule has 0 unspecified atom stereocenters. The molecule has 0 aromatic rings. The maximum Gasteiger partial charge on any atom is 0.0433 e. The Morgan fingerprint density at radius 2 is 2.20 bits per heavy atom. The van der Waals surface area contributed by atoms with Crippen LogP contribution in [0.25, 0.3) is 0 Å². The third-order valence-electron chi connectivity index (χ3n) is 3.02. The second-order valence-corrected chi connectivity index (χ2v) is 3.87. The van der Waals surface area contributed by atoms with Gasteiger partial charge in [-0.1, -0.05) is 13.8 Å². The highest BCUT2D eigenvalue weighted by molar-refractivity contribution is 4.98. The summed E-state index contributed by atoms with van der Waals surface area (Å²) in [6, 6.07) is 0.351. The van der Waals surface area contributed by atoms with Gasteiger partial charge in [0.1, 0.15) is 0 Å². The van der Waals surface area contributed by atoms with Crippen LogP contribution in [0, 0.1) is 11.3 Å². The van der Waals surface area contributed by atoms with Gasteiger partial charge in [-0.3, -0.25) is 0 Å². The van der Waals surface area contributed by atoms with E-state index in [1.54, 1.807) is 0 Å². The molecule has 1 rings (SSSR count). The van der Waals surface area contributed by atoms with Crippen molar-refractivity contribution in [3.05, 3.63) is 0 Å². The molecule has 0 aliphatic heterocycles. The summed E-state index contributed by atoms with van der Waals surface area (Å²) < 4.78 is 0. The van der Waals surface area contributed by atoms with Crippen molar-refractivity contribution in [1.29, 1.82) is 0 Å². The Morgan fingerprint density at radius 1 is 1.60 bits per heavy atom. The number of hydrogen-bond acceptors (Lipinski definition) is 2. The van der Waals surface area contributed by atoms with E-state index in [-0.39, 0.29) is 5.41 Å². The van der Waals surface area contributed by atoms with Crippen molar-refractivity contribution in [3.63, 3.8) is 0 Å². The lowest BCUT2D eigenvalue weighted by Gasteiger charge is -2.50. The predicted molar refractivity (Wildman–Crippen MR) is 41.6 cm³/mol. The molecular formula is C8H17NO. The zero-order chi connectivity index (χ0) is 7.78. The van der Waals surface area contributed by atoms with Crippen LogP contribution in [-0.2, 0) is 0 Å². The van der Waals surface area contributed by atoms with E-state index in [4.69, 9.17) is 10.8 Å². The van der Waals surface area contributed by atoms with E-state index < -0.39 is 0 Å². The molecule has 3 N–H and O–H groups in total. The first-order valence-electron chi connectivity index (χ1n) is 3.95. The van der Waals surface area contributed by atoms with Crippen LogP contribution in [0.4, 0.5) is 0 Å². The Bertz CT molecular complexity index is 120. The minimum Gasteiger partial charge on any atom is -0.396 e. The molecule has 1 aliphatic rings. The van der Waals surface area contributed by atoms with Crippen molar-refractivity contribution in [2.75, 3.05) is 6.61 Å². The lowest BCUT2D eigenvalue weighted by Crippen LogP contribution is -2.54. The molecule has 0 saturated heterocycles. The van der Waals surface area contributed by atoms with Crippen molar-refractivity contribution >= 4 is 0 Å².